The first kappa shape index (κ1) is 24.6. The van der Waals surface area contributed by atoms with Crippen LogP contribution < -0.4 is 15.1 Å². The molecule has 3 rings (SSSR count). The Morgan fingerprint density at radius 2 is 1.69 bits per heavy atom. The molecule has 0 N–H and O–H groups in total. The van der Waals surface area contributed by atoms with E-state index in [0.29, 0.717) is 6.61 Å². The van der Waals surface area contributed by atoms with Gasteiger partial charge in [-0.25, -0.2) is 0 Å². The predicted octanol–water partition coefficient (Wildman–Crippen LogP) is 7.02. The zero-order valence-electron chi connectivity index (χ0n) is 21.6. The highest BCUT2D eigenvalue weighted by Gasteiger charge is 2.37. The van der Waals surface area contributed by atoms with Crippen LogP contribution in [0.5, 0.6) is 5.75 Å². The molecule has 0 atom stereocenters. The highest BCUT2D eigenvalue weighted by atomic mass is 28.3. The quantitative estimate of drug-likeness (QED) is 0.297. The lowest BCUT2D eigenvalue weighted by molar-refractivity contribution is 0.348. The van der Waals surface area contributed by atoms with Crippen molar-refractivity contribution in [2.45, 2.75) is 84.7 Å². The van der Waals surface area contributed by atoms with Gasteiger partial charge in [0.25, 0.3) is 0 Å². The minimum absolute atomic E-state index is 0.0358. The summed E-state index contributed by atoms with van der Waals surface area (Å²) in [5, 5.41) is 2.93. The number of benzene rings is 2. The maximum Gasteiger partial charge on any atom is 0.123 e. The van der Waals surface area contributed by atoms with Crippen LogP contribution in [0.3, 0.4) is 0 Å². The van der Waals surface area contributed by atoms with Crippen molar-refractivity contribution in [2.24, 2.45) is 0 Å². The largest absolute Gasteiger partial charge is 0.489 e. The molecule has 0 bridgehead atoms. The Balaban J connectivity index is 2.37. The van der Waals surface area contributed by atoms with Crippen LogP contribution in [0.15, 0.2) is 49.1 Å². The van der Waals surface area contributed by atoms with Crippen LogP contribution in [0.25, 0.3) is 6.08 Å². The van der Waals surface area contributed by atoms with E-state index in [4.69, 9.17) is 4.74 Å². The third kappa shape index (κ3) is 4.39. The van der Waals surface area contributed by atoms with Crippen LogP contribution in [0.1, 0.15) is 76.6 Å². The van der Waals surface area contributed by atoms with Crippen LogP contribution in [-0.4, -0.2) is 14.7 Å². The molecule has 0 aromatic heterocycles. The first-order valence-corrected chi connectivity index (χ1v) is 15.2. The highest BCUT2D eigenvalue weighted by Crippen LogP contribution is 2.39. The molecule has 1 aliphatic carbocycles. The number of hydrogen-bond donors (Lipinski definition) is 0. The van der Waals surface area contributed by atoms with E-state index in [9.17, 15) is 0 Å². The van der Waals surface area contributed by atoms with Gasteiger partial charge in [-0.3, -0.25) is 0 Å². The molecule has 2 aromatic carbocycles. The molecule has 0 amide bonds. The number of allylic oxidation sites excluding steroid dienone is 1. The highest BCUT2D eigenvalue weighted by molar-refractivity contribution is 7.01. The summed E-state index contributed by atoms with van der Waals surface area (Å²) in [6.45, 7) is 23.5. The fourth-order valence-electron chi connectivity index (χ4n) is 4.66. The van der Waals surface area contributed by atoms with Crippen molar-refractivity contribution in [1.82, 2.24) is 0 Å². The summed E-state index contributed by atoms with van der Waals surface area (Å²) in [6.07, 6.45) is 9.73. The lowest BCUT2D eigenvalue weighted by Gasteiger charge is -2.36. The Morgan fingerprint density at radius 1 is 1.00 bits per heavy atom. The molecule has 172 valence electrons. The van der Waals surface area contributed by atoms with E-state index >= 15 is 0 Å². The molecular formula is C30H42OSi. The Morgan fingerprint density at radius 3 is 2.31 bits per heavy atom. The Kier molecular flexibility index (Phi) is 6.96. The van der Waals surface area contributed by atoms with Gasteiger partial charge in [-0.2, -0.15) is 0 Å². The zero-order chi connectivity index (χ0) is 23.7. The summed E-state index contributed by atoms with van der Waals surface area (Å²) >= 11 is 0. The third-order valence-corrected chi connectivity index (χ3v) is 11.4. The van der Waals surface area contributed by atoms with Crippen LogP contribution >= 0.6 is 0 Å². The van der Waals surface area contributed by atoms with Gasteiger partial charge < -0.3 is 4.74 Å². The van der Waals surface area contributed by atoms with Crippen molar-refractivity contribution in [2.75, 3.05) is 6.61 Å². The van der Waals surface area contributed by atoms with Crippen molar-refractivity contribution in [3.63, 3.8) is 0 Å². The Labute approximate surface area is 197 Å². The molecule has 0 saturated heterocycles. The van der Waals surface area contributed by atoms with Gasteiger partial charge in [-0.05, 0) is 62.7 Å². The van der Waals surface area contributed by atoms with Crippen LogP contribution in [0, 0.1) is 0 Å². The Hall–Kier alpha value is -2.06. The van der Waals surface area contributed by atoms with Crippen LogP contribution in [0.4, 0.5) is 0 Å². The standard InChI is InChI=1S/C30H42OSi/c1-10-19-31-28-25(30(6,7)12-3)20-23(29(4,5)11-2)21-27(28)32(8,9)26-18-14-16-22-15-13-17-24(22)26/h10,13-14,16-18,20-21H,1,11-12,15,19H2,2-9H3. The van der Waals surface area contributed by atoms with E-state index in [0.717, 1.165) is 25.0 Å². The first-order valence-electron chi connectivity index (χ1n) is 12.2. The number of fused-ring (bicyclic) bond motifs is 1. The van der Waals surface area contributed by atoms with Gasteiger partial charge in [0.1, 0.15) is 20.4 Å². The molecule has 0 heterocycles. The third-order valence-electron chi connectivity index (χ3n) is 7.88. The van der Waals surface area contributed by atoms with Gasteiger partial charge in [-0.15, -0.1) is 0 Å². The molecule has 32 heavy (non-hydrogen) atoms. The molecule has 0 aliphatic heterocycles. The normalized spacial score (nSPS) is 13.9. The summed E-state index contributed by atoms with van der Waals surface area (Å²) < 4.78 is 6.53. The molecule has 0 radical (unpaired) electrons. The number of rotatable bonds is 9. The monoisotopic (exact) mass is 446 g/mol. The van der Waals surface area contributed by atoms with E-state index in [1.165, 1.54) is 32.6 Å². The minimum Gasteiger partial charge on any atom is -0.489 e. The molecule has 0 unspecified atom stereocenters. The predicted molar refractivity (Wildman–Crippen MR) is 145 cm³/mol. The Bertz CT molecular complexity index is 1020. The summed E-state index contributed by atoms with van der Waals surface area (Å²) in [4.78, 5) is 0. The van der Waals surface area contributed by atoms with E-state index in [1.54, 1.807) is 0 Å². The molecule has 2 aromatic rings. The summed E-state index contributed by atoms with van der Waals surface area (Å²) in [5.74, 6) is 1.10. The molecule has 2 heteroatoms. The smallest absolute Gasteiger partial charge is 0.123 e. The maximum atomic E-state index is 6.53. The molecule has 1 aliphatic rings. The topological polar surface area (TPSA) is 9.23 Å². The lowest BCUT2D eigenvalue weighted by Crippen LogP contribution is -2.55. The summed E-state index contributed by atoms with van der Waals surface area (Å²) in [5.41, 5.74) is 5.83. The molecule has 1 nitrogen and oxygen atoms in total. The number of hydrogen-bond acceptors (Lipinski definition) is 1. The SMILES string of the molecule is C=CCOc1c(C(C)(C)CC)cc(C(C)(C)CC)cc1[Si](C)(C)c1cccc2c1C=CC2. The van der Waals surface area contributed by atoms with Gasteiger partial charge in [-0.1, -0.05) is 110 Å². The molecule has 0 fully saturated rings. The summed E-state index contributed by atoms with van der Waals surface area (Å²) in [7, 11) is -2.06. The second kappa shape index (κ2) is 9.06. The summed E-state index contributed by atoms with van der Waals surface area (Å²) in [6, 6.07) is 11.8. The molecule has 0 saturated carbocycles. The van der Waals surface area contributed by atoms with E-state index in [1.807, 2.05) is 6.08 Å². The second-order valence-electron chi connectivity index (χ2n) is 11.1. The van der Waals surface area contributed by atoms with E-state index in [2.05, 4.69) is 104 Å². The average Bonchev–Trinajstić information content (AvgIpc) is 3.25. The number of ether oxygens (including phenoxy) is 1. The first-order chi connectivity index (χ1) is 15.0. The van der Waals surface area contributed by atoms with Gasteiger partial charge >= 0.3 is 0 Å². The van der Waals surface area contributed by atoms with Crippen LogP contribution in [-0.2, 0) is 17.3 Å². The minimum atomic E-state index is -2.06. The maximum absolute atomic E-state index is 6.53. The average molecular weight is 447 g/mol. The van der Waals surface area contributed by atoms with Crippen molar-refractivity contribution in [1.29, 1.82) is 0 Å². The van der Waals surface area contributed by atoms with Gasteiger partial charge in [0.2, 0.25) is 0 Å². The van der Waals surface area contributed by atoms with E-state index in [-0.39, 0.29) is 10.8 Å². The van der Waals surface area contributed by atoms with Gasteiger partial charge in [0.05, 0.1) is 0 Å². The molecule has 0 spiro atoms. The van der Waals surface area contributed by atoms with Gasteiger partial charge in [0.15, 0.2) is 0 Å². The van der Waals surface area contributed by atoms with E-state index < -0.39 is 8.07 Å². The van der Waals surface area contributed by atoms with Crippen LogP contribution in [0.2, 0.25) is 13.1 Å². The lowest BCUT2D eigenvalue weighted by atomic mass is 9.76. The van der Waals surface area contributed by atoms with Gasteiger partial charge in [0, 0.05) is 0 Å². The fraction of sp³-hybridized carbons (Fsp3) is 0.467. The van der Waals surface area contributed by atoms with Crippen molar-refractivity contribution >= 4 is 24.5 Å². The van der Waals surface area contributed by atoms with Crippen molar-refractivity contribution in [3.8, 4) is 5.75 Å². The van der Waals surface area contributed by atoms with Crippen molar-refractivity contribution in [3.05, 3.63) is 71.3 Å². The fourth-order valence-corrected chi connectivity index (χ4v) is 7.67. The second-order valence-corrected chi connectivity index (χ2v) is 15.4. The van der Waals surface area contributed by atoms with Crippen molar-refractivity contribution < 1.29 is 4.74 Å². The zero-order valence-corrected chi connectivity index (χ0v) is 22.6. The molecular weight excluding hydrogens is 404 g/mol.